The SMILES string of the molecule is CCCCCc1ccccc1Oc1ccc(CNC(=O)c2ccc(C)nc2N)cc1. The summed E-state index contributed by atoms with van der Waals surface area (Å²) < 4.78 is 6.10. The van der Waals surface area contributed by atoms with Gasteiger partial charge in [-0.3, -0.25) is 4.79 Å². The van der Waals surface area contributed by atoms with Gasteiger partial charge >= 0.3 is 0 Å². The van der Waals surface area contributed by atoms with Crippen molar-refractivity contribution in [1.82, 2.24) is 10.3 Å². The summed E-state index contributed by atoms with van der Waals surface area (Å²) in [4.78, 5) is 16.5. The molecule has 0 aliphatic heterocycles. The molecular weight excluding hydrogens is 374 g/mol. The van der Waals surface area contributed by atoms with Gasteiger partial charge in [0.1, 0.15) is 17.3 Å². The summed E-state index contributed by atoms with van der Waals surface area (Å²) in [7, 11) is 0. The largest absolute Gasteiger partial charge is 0.457 e. The predicted molar refractivity (Wildman–Crippen MR) is 121 cm³/mol. The molecule has 0 bridgehead atoms. The van der Waals surface area contributed by atoms with Crippen molar-refractivity contribution < 1.29 is 9.53 Å². The second-order valence-electron chi connectivity index (χ2n) is 7.38. The van der Waals surface area contributed by atoms with Gasteiger partial charge in [0.2, 0.25) is 0 Å². The van der Waals surface area contributed by atoms with Crippen molar-refractivity contribution >= 4 is 11.7 Å². The molecule has 0 saturated heterocycles. The number of aromatic nitrogens is 1. The van der Waals surface area contributed by atoms with E-state index in [0.717, 1.165) is 35.6 Å². The Balaban J connectivity index is 1.58. The molecule has 0 fully saturated rings. The monoisotopic (exact) mass is 403 g/mol. The Hall–Kier alpha value is -3.34. The van der Waals surface area contributed by atoms with Crippen LogP contribution in [0.3, 0.4) is 0 Å². The number of carbonyl (C=O) groups excluding carboxylic acids is 1. The van der Waals surface area contributed by atoms with E-state index in [1.165, 1.54) is 18.4 Å². The minimum Gasteiger partial charge on any atom is -0.457 e. The molecule has 0 spiro atoms. The van der Waals surface area contributed by atoms with Crippen LogP contribution in [0.2, 0.25) is 0 Å². The number of nitrogens with one attached hydrogen (secondary N) is 1. The highest BCUT2D eigenvalue weighted by molar-refractivity contribution is 5.98. The third-order valence-corrected chi connectivity index (χ3v) is 4.94. The minimum atomic E-state index is -0.235. The molecule has 1 aromatic heterocycles. The number of unbranched alkanes of at least 4 members (excludes halogenated alkanes) is 2. The van der Waals surface area contributed by atoms with Gasteiger partial charge in [0.15, 0.2) is 0 Å². The standard InChI is InChI=1S/C25H29N3O2/c1-3-4-5-8-20-9-6-7-10-23(20)30-21-14-12-19(13-15-21)17-27-25(29)22-16-11-18(2)28-24(22)26/h6-7,9-16H,3-5,8,17H2,1-2H3,(H2,26,28)(H,27,29). The van der Waals surface area contributed by atoms with Crippen LogP contribution in [0.5, 0.6) is 11.5 Å². The van der Waals surface area contributed by atoms with Crippen molar-refractivity contribution in [3.05, 3.63) is 83.0 Å². The second kappa shape index (κ2) is 10.4. The van der Waals surface area contributed by atoms with Crippen LogP contribution < -0.4 is 15.8 Å². The Morgan fingerprint density at radius 2 is 1.80 bits per heavy atom. The topological polar surface area (TPSA) is 77.2 Å². The number of carbonyl (C=O) groups is 1. The maximum Gasteiger partial charge on any atom is 0.255 e. The van der Waals surface area contributed by atoms with Crippen molar-refractivity contribution in [2.75, 3.05) is 5.73 Å². The first-order valence-corrected chi connectivity index (χ1v) is 10.4. The van der Waals surface area contributed by atoms with Crippen LogP contribution in [0, 0.1) is 6.92 Å². The second-order valence-corrected chi connectivity index (χ2v) is 7.38. The van der Waals surface area contributed by atoms with Gasteiger partial charge in [0, 0.05) is 12.2 Å². The molecule has 5 heteroatoms. The molecule has 3 N–H and O–H groups in total. The molecule has 1 amide bonds. The van der Waals surface area contributed by atoms with Crippen LogP contribution in [0.15, 0.2) is 60.7 Å². The first-order valence-electron chi connectivity index (χ1n) is 10.4. The average Bonchev–Trinajstić information content (AvgIpc) is 2.74. The zero-order valence-corrected chi connectivity index (χ0v) is 17.7. The number of rotatable bonds is 9. The predicted octanol–water partition coefficient (Wildman–Crippen LogP) is 5.43. The van der Waals surface area contributed by atoms with Crippen LogP contribution in [0.25, 0.3) is 0 Å². The lowest BCUT2D eigenvalue weighted by atomic mass is 10.1. The van der Waals surface area contributed by atoms with Crippen LogP contribution >= 0.6 is 0 Å². The smallest absolute Gasteiger partial charge is 0.255 e. The van der Waals surface area contributed by atoms with Crippen molar-refractivity contribution in [2.45, 2.75) is 46.1 Å². The van der Waals surface area contributed by atoms with E-state index in [0.29, 0.717) is 12.1 Å². The number of nitrogens with zero attached hydrogens (tertiary/aromatic N) is 1. The molecular formula is C25H29N3O2. The van der Waals surface area contributed by atoms with E-state index in [4.69, 9.17) is 10.5 Å². The number of hydrogen-bond donors (Lipinski definition) is 2. The Bertz CT molecular complexity index is 984. The van der Waals surface area contributed by atoms with Gasteiger partial charge in [-0.25, -0.2) is 4.98 Å². The van der Waals surface area contributed by atoms with Gasteiger partial charge in [0.05, 0.1) is 5.56 Å². The molecule has 3 aromatic rings. The number of nitrogens with two attached hydrogens (primary N) is 1. The molecule has 2 aromatic carbocycles. The quantitative estimate of drug-likeness (QED) is 0.467. The summed E-state index contributed by atoms with van der Waals surface area (Å²) in [5, 5.41) is 2.88. The third kappa shape index (κ3) is 5.83. The minimum absolute atomic E-state index is 0.235. The molecule has 3 rings (SSSR count). The van der Waals surface area contributed by atoms with E-state index in [1.807, 2.05) is 43.3 Å². The number of aryl methyl sites for hydroxylation is 2. The summed E-state index contributed by atoms with van der Waals surface area (Å²) in [5.41, 5.74) is 9.23. The highest BCUT2D eigenvalue weighted by Crippen LogP contribution is 2.27. The van der Waals surface area contributed by atoms with E-state index in [2.05, 4.69) is 29.4 Å². The molecule has 0 radical (unpaired) electrons. The first-order chi connectivity index (χ1) is 14.6. The van der Waals surface area contributed by atoms with Crippen molar-refractivity contribution in [3.63, 3.8) is 0 Å². The lowest BCUT2D eigenvalue weighted by molar-refractivity contribution is 0.0951. The lowest BCUT2D eigenvalue weighted by Gasteiger charge is -2.12. The highest BCUT2D eigenvalue weighted by atomic mass is 16.5. The summed E-state index contributed by atoms with van der Waals surface area (Å²) in [6.45, 7) is 4.45. The third-order valence-electron chi connectivity index (χ3n) is 4.94. The number of hydrogen-bond acceptors (Lipinski definition) is 4. The van der Waals surface area contributed by atoms with Crippen LogP contribution in [-0.2, 0) is 13.0 Å². The molecule has 5 nitrogen and oxygen atoms in total. The van der Waals surface area contributed by atoms with Crippen molar-refractivity contribution in [1.29, 1.82) is 0 Å². The molecule has 0 aliphatic carbocycles. The highest BCUT2D eigenvalue weighted by Gasteiger charge is 2.11. The summed E-state index contributed by atoms with van der Waals surface area (Å²) >= 11 is 0. The Labute approximate surface area is 178 Å². The van der Waals surface area contributed by atoms with E-state index < -0.39 is 0 Å². The molecule has 30 heavy (non-hydrogen) atoms. The molecule has 0 saturated carbocycles. The number of pyridine rings is 1. The maximum atomic E-state index is 12.3. The molecule has 156 valence electrons. The van der Waals surface area contributed by atoms with E-state index in [9.17, 15) is 4.79 Å². The molecule has 0 atom stereocenters. The van der Waals surface area contributed by atoms with Gasteiger partial charge < -0.3 is 15.8 Å². The van der Waals surface area contributed by atoms with Crippen molar-refractivity contribution in [2.24, 2.45) is 0 Å². The molecule has 1 heterocycles. The first kappa shape index (κ1) is 21.4. The van der Waals surface area contributed by atoms with E-state index >= 15 is 0 Å². The Morgan fingerprint density at radius 3 is 2.53 bits per heavy atom. The molecule has 0 aliphatic rings. The number of nitrogen functional groups attached to an aromatic ring is 1. The summed E-state index contributed by atoms with van der Waals surface area (Å²) in [6.07, 6.45) is 4.61. The average molecular weight is 404 g/mol. The fourth-order valence-electron chi connectivity index (χ4n) is 3.22. The number of benzene rings is 2. The number of amides is 1. The van der Waals surface area contributed by atoms with E-state index in [1.54, 1.807) is 12.1 Å². The normalized spacial score (nSPS) is 10.6. The number of anilines is 1. The zero-order valence-electron chi connectivity index (χ0n) is 17.7. The van der Waals surface area contributed by atoms with Crippen molar-refractivity contribution in [3.8, 4) is 11.5 Å². The van der Waals surface area contributed by atoms with E-state index in [-0.39, 0.29) is 11.7 Å². The fourth-order valence-corrected chi connectivity index (χ4v) is 3.22. The van der Waals surface area contributed by atoms with Gasteiger partial charge in [-0.15, -0.1) is 0 Å². The van der Waals surface area contributed by atoms with Gasteiger partial charge in [-0.1, -0.05) is 50.1 Å². The Morgan fingerprint density at radius 1 is 1.03 bits per heavy atom. The van der Waals surface area contributed by atoms with Gasteiger partial charge in [0.25, 0.3) is 5.91 Å². The van der Waals surface area contributed by atoms with Crippen LogP contribution in [0.4, 0.5) is 5.82 Å². The lowest BCUT2D eigenvalue weighted by Crippen LogP contribution is -2.24. The Kier molecular flexibility index (Phi) is 7.44. The van der Waals surface area contributed by atoms with Gasteiger partial charge in [-0.2, -0.15) is 0 Å². The number of ether oxygens (including phenoxy) is 1. The maximum absolute atomic E-state index is 12.3. The van der Waals surface area contributed by atoms with Crippen LogP contribution in [0.1, 0.15) is 53.4 Å². The zero-order chi connectivity index (χ0) is 21.3. The van der Waals surface area contributed by atoms with Gasteiger partial charge in [-0.05, 0) is 61.2 Å². The summed E-state index contributed by atoms with van der Waals surface area (Å²) in [6, 6.07) is 19.4. The van der Waals surface area contributed by atoms with Crippen LogP contribution in [-0.4, -0.2) is 10.9 Å². The fraction of sp³-hybridized carbons (Fsp3) is 0.280. The molecule has 0 unspecified atom stereocenters. The summed E-state index contributed by atoms with van der Waals surface area (Å²) in [5.74, 6) is 1.69. The number of para-hydroxylation sites is 1.